The van der Waals surface area contributed by atoms with E-state index in [1.54, 1.807) is 0 Å². The molecule has 1 aliphatic heterocycles. The second-order valence-corrected chi connectivity index (χ2v) is 5.18. The Balaban J connectivity index is 1.54. The summed E-state index contributed by atoms with van der Waals surface area (Å²) in [5.41, 5.74) is 1.24. The van der Waals surface area contributed by atoms with E-state index >= 15 is 0 Å². The van der Waals surface area contributed by atoms with Gasteiger partial charge in [0.1, 0.15) is 0 Å². The second-order valence-electron chi connectivity index (χ2n) is 5.18. The Morgan fingerprint density at radius 1 is 1.06 bits per heavy atom. The number of ether oxygens (including phenoxy) is 2. The van der Waals surface area contributed by atoms with Crippen molar-refractivity contribution in [2.45, 2.75) is 38.1 Å². The summed E-state index contributed by atoms with van der Waals surface area (Å²) in [6.07, 6.45) is 8.54. The molecule has 0 amide bonds. The number of hydrogen-bond donors (Lipinski definition) is 0. The minimum Gasteiger partial charge on any atom is -0.374 e. The summed E-state index contributed by atoms with van der Waals surface area (Å²) in [5.74, 6) is 0.714. The topological polar surface area (TPSA) is 18.5 Å². The van der Waals surface area contributed by atoms with E-state index in [9.17, 15) is 0 Å². The lowest BCUT2D eigenvalue weighted by Crippen LogP contribution is -2.12. The maximum absolute atomic E-state index is 5.97. The normalized spacial score (nSPS) is 31.0. The molecule has 2 aliphatic rings. The van der Waals surface area contributed by atoms with Crippen molar-refractivity contribution in [3.63, 3.8) is 0 Å². The van der Waals surface area contributed by atoms with Gasteiger partial charge in [0.2, 0.25) is 0 Å². The lowest BCUT2D eigenvalue weighted by Gasteiger charge is -2.14. The van der Waals surface area contributed by atoms with E-state index in [0.29, 0.717) is 18.6 Å². The highest BCUT2D eigenvalue weighted by atomic mass is 16.5. The third-order valence-electron chi connectivity index (χ3n) is 3.91. The largest absolute Gasteiger partial charge is 0.374 e. The molecule has 0 radical (unpaired) electrons. The maximum atomic E-state index is 5.97. The van der Waals surface area contributed by atoms with Crippen molar-refractivity contribution >= 4 is 0 Å². The van der Waals surface area contributed by atoms with Gasteiger partial charge in [-0.25, -0.2) is 0 Å². The van der Waals surface area contributed by atoms with Crippen molar-refractivity contribution in [2.24, 2.45) is 5.92 Å². The number of fused-ring (bicyclic) bond motifs is 1. The van der Waals surface area contributed by atoms with Crippen molar-refractivity contribution in [3.8, 4) is 0 Å². The van der Waals surface area contributed by atoms with Crippen LogP contribution in [0.15, 0.2) is 42.5 Å². The molecular weight excluding hydrogens is 224 g/mol. The molecule has 3 rings (SSSR count). The van der Waals surface area contributed by atoms with E-state index < -0.39 is 0 Å². The summed E-state index contributed by atoms with van der Waals surface area (Å²) >= 11 is 0. The molecular formula is C16H20O2. The van der Waals surface area contributed by atoms with Crippen LogP contribution in [-0.2, 0) is 16.1 Å². The third kappa shape index (κ3) is 2.82. The molecule has 1 aliphatic carbocycles. The first-order valence-electron chi connectivity index (χ1n) is 6.87. The fourth-order valence-electron chi connectivity index (χ4n) is 2.80. The quantitative estimate of drug-likeness (QED) is 0.759. The summed E-state index contributed by atoms with van der Waals surface area (Å²) in [5, 5.41) is 0. The average molecular weight is 244 g/mol. The van der Waals surface area contributed by atoms with Crippen LogP contribution in [0.4, 0.5) is 0 Å². The van der Waals surface area contributed by atoms with Gasteiger partial charge in [0.05, 0.1) is 18.8 Å². The fraction of sp³-hybridized carbons (Fsp3) is 0.500. The standard InChI is InChI=1S/C16H20O2/c1-2-4-13(5-3-1)12-18-15-7-6-14-10-11-17-16(14)9-8-15/h1-5,8-9,14-16H,6-7,10-12H2/t14-,15-,16-/m0/s1. The molecule has 2 nitrogen and oxygen atoms in total. The Morgan fingerprint density at radius 2 is 1.94 bits per heavy atom. The minimum atomic E-state index is 0.249. The molecule has 96 valence electrons. The molecule has 0 aromatic heterocycles. The molecule has 1 heterocycles. The highest BCUT2D eigenvalue weighted by Gasteiger charge is 2.28. The van der Waals surface area contributed by atoms with Crippen molar-refractivity contribution in [3.05, 3.63) is 48.0 Å². The Kier molecular flexibility index (Phi) is 3.77. The Labute approximate surface area is 109 Å². The second kappa shape index (κ2) is 5.68. The summed E-state index contributed by atoms with van der Waals surface area (Å²) in [6, 6.07) is 10.4. The van der Waals surface area contributed by atoms with Crippen molar-refractivity contribution in [2.75, 3.05) is 6.61 Å². The molecule has 0 bridgehead atoms. The monoisotopic (exact) mass is 244 g/mol. The molecule has 1 fully saturated rings. The van der Waals surface area contributed by atoms with E-state index in [2.05, 4.69) is 36.4 Å². The van der Waals surface area contributed by atoms with Crippen LogP contribution in [0, 0.1) is 5.92 Å². The molecule has 2 heteroatoms. The molecule has 1 saturated heterocycles. The van der Waals surface area contributed by atoms with Gasteiger partial charge in [0.15, 0.2) is 0 Å². The first-order valence-corrected chi connectivity index (χ1v) is 6.87. The molecule has 0 N–H and O–H groups in total. The van der Waals surface area contributed by atoms with E-state index in [1.807, 2.05) is 6.07 Å². The summed E-state index contributed by atoms with van der Waals surface area (Å²) in [7, 11) is 0. The number of hydrogen-bond acceptors (Lipinski definition) is 2. The Bertz CT molecular complexity index is 399. The van der Waals surface area contributed by atoms with Crippen LogP contribution in [0.3, 0.4) is 0 Å². The molecule has 18 heavy (non-hydrogen) atoms. The summed E-state index contributed by atoms with van der Waals surface area (Å²) in [6.45, 7) is 1.63. The van der Waals surface area contributed by atoms with E-state index in [4.69, 9.17) is 9.47 Å². The smallest absolute Gasteiger partial charge is 0.0785 e. The average Bonchev–Trinajstić information content (AvgIpc) is 2.78. The zero-order chi connectivity index (χ0) is 12.2. The van der Waals surface area contributed by atoms with Gasteiger partial charge >= 0.3 is 0 Å². The van der Waals surface area contributed by atoms with E-state index in [1.165, 1.54) is 18.4 Å². The van der Waals surface area contributed by atoms with Crippen LogP contribution in [0.1, 0.15) is 24.8 Å². The van der Waals surface area contributed by atoms with Crippen molar-refractivity contribution in [1.29, 1.82) is 0 Å². The lowest BCUT2D eigenvalue weighted by molar-refractivity contribution is 0.0635. The van der Waals surface area contributed by atoms with Crippen LogP contribution in [0.2, 0.25) is 0 Å². The van der Waals surface area contributed by atoms with E-state index in [-0.39, 0.29) is 6.10 Å². The van der Waals surface area contributed by atoms with Crippen LogP contribution in [0.25, 0.3) is 0 Å². The zero-order valence-corrected chi connectivity index (χ0v) is 10.6. The lowest BCUT2D eigenvalue weighted by atomic mass is 9.97. The predicted octanol–water partition coefficient (Wildman–Crippen LogP) is 3.33. The highest BCUT2D eigenvalue weighted by Crippen LogP contribution is 2.30. The Hall–Kier alpha value is -1.12. The Morgan fingerprint density at radius 3 is 2.83 bits per heavy atom. The van der Waals surface area contributed by atoms with Gasteiger partial charge in [-0.05, 0) is 30.7 Å². The van der Waals surface area contributed by atoms with Gasteiger partial charge < -0.3 is 9.47 Å². The first-order chi connectivity index (χ1) is 8.92. The molecule has 1 aromatic rings. The van der Waals surface area contributed by atoms with Gasteiger partial charge in [-0.3, -0.25) is 0 Å². The minimum absolute atomic E-state index is 0.249. The zero-order valence-electron chi connectivity index (χ0n) is 10.6. The summed E-state index contributed by atoms with van der Waals surface area (Å²) in [4.78, 5) is 0. The molecule has 3 atom stereocenters. The van der Waals surface area contributed by atoms with Crippen LogP contribution in [-0.4, -0.2) is 18.8 Å². The molecule has 0 saturated carbocycles. The maximum Gasteiger partial charge on any atom is 0.0785 e. The van der Waals surface area contributed by atoms with E-state index in [0.717, 1.165) is 13.0 Å². The fourth-order valence-corrected chi connectivity index (χ4v) is 2.80. The van der Waals surface area contributed by atoms with Crippen molar-refractivity contribution < 1.29 is 9.47 Å². The van der Waals surface area contributed by atoms with Crippen molar-refractivity contribution in [1.82, 2.24) is 0 Å². The predicted molar refractivity (Wildman–Crippen MR) is 71.2 cm³/mol. The van der Waals surface area contributed by atoms with Crippen LogP contribution < -0.4 is 0 Å². The van der Waals surface area contributed by atoms with Gasteiger partial charge in [-0.15, -0.1) is 0 Å². The third-order valence-corrected chi connectivity index (χ3v) is 3.91. The number of rotatable bonds is 3. The van der Waals surface area contributed by atoms with Crippen LogP contribution >= 0.6 is 0 Å². The van der Waals surface area contributed by atoms with Gasteiger partial charge in [0.25, 0.3) is 0 Å². The highest BCUT2D eigenvalue weighted by molar-refractivity contribution is 5.13. The van der Waals surface area contributed by atoms with Gasteiger partial charge in [-0.2, -0.15) is 0 Å². The summed E-state index contributed by atoms with van der Waals surface area (Å²) < 4.78 is 11.7. The van der Waals surface area contributed by atoms with Gasteiger partial charge in [0, 0.05) is 6.61 Å². The van der Waals surface area contributed by atoms with Gasteiger partial charge in [-0.1, -0.05) is 42.5 Å². The SMILES string of the molecule is C1=C[C@@H]2OCC[C@@H]2CC[C@@H]1OCc1ccccc1. The molecule has 0 spiro atoms. The van der Waals surface area contributed by atoms with Crippen LogP contribution in [0.5, 0.6) is 0 Å². The molecule has 0 unspecified atom stereocenters. The number of benzene rings is 1. The first kappa shape index (κ1) is 11.9. The molecule has 1 aromatic carbocycles.